The van der Waals surface area contributed by atoms with Gasteiger partial charge in [-0.1, -0.05) is 0 Å². The van der Waals surface area contributed by atoms with Crippen molar-refractivity contribution in [3.8, 4) is 33.8 Å². The van der Waals surface area contributed by atoms with Gasteiger partial charge in [-0.3, -0.25) is 34.1 Å². The van der Waals surface area contributed by atoms with E-state index < -0.39 is 237 Å². The second-order valence-electron chi connectivity index (χ2n) is 33.4. The molecule has 8 fully saturated rings. The zero-order valence-corrected chi connectivity index (χ0v) is 74.2. The van der Waals surface area contributed by atoms with Crippen molar-refractivity contribution in [3.63, 3.8) is 0 Å². The van der Waals surface area contributed by atoms with Gasteiger partial charge in [-0.15, -0.1) is 0 Å². The third kappa shape index (κ3) is 21.7. The Morgan fingerprint density at radius 1 is 0.338 bits per heavy atom. The smallest absolute Gasteiger partial charge is 0.451 e. The number of aromatic nitrogens is 9. The molecular formula is C87H74F20N14O14S4. The van der Waals surface area contributed by atoms with Crippen LogP contribution in [0.1, 0.15) is 98.4 Å². The maximum Gasteiger partial charge on any atom is 0.451 e. The molecule has 4 aliphatic carbocycles. The summed E-state index contributed by atoms with van der Waals surface area (Å²) in [6, 6.07) is 11.7. The van der Waals surface area contributed by atoms with Crippen LogP contribution >= 0.6 is 0 Å². The molecule has 740 valence electrons. The number of carboxylic acids is 2. The van der Waals surface area contributed by atoms with Crippen molar-refractivity contribution in [3.05, 3.63) is 246 Å². The number of aryl methyl sites for hydroxylation is 2. The monoisotopic (exact) mass is 2050 g/mol. The van der Waals surface area contributed by atoms with E-state index in [1.165, 1.54) is 18.2 Å². The molecule has 139 heavy (non-hydrogen) atoms. The van der Waals surface area contributed by atoms with E-state index in [1.807, 2.05) is 0 Å². The summed E-state index contributed by atoms with van der Waals surface area (Å²) in [5, 5.41) is 18.5. The fourth-order valence-electron chi connectivity index (χ4n) is 18.5. The van der Waals surface area contributed by atoms with Crippen molar-refractivity contribution in [2.75, 3.05) is 0 Å². The number of halogens is 20. The van der Waals surface area contributed by atoms with Gasteiger partial charge in [-0.05, 0) is 202 Å². The number of carbonyl (C=O) groups is 4. The van der Waals surface area contributed by atoms with Gasteiger partial charge in [0.2, 0.25) is 57.6 Å². The highest BCUT2D eigenvalue weighted by atomic mass is 32.2. The number of piperidine rings is 4. The minimum absolute atomic E-state index is 0.00106. The Labute approximate surface area is 776 Å². The molecule has 52 heteroatoms. The van der Waals surface area contributed by atoms with E-state index in [0.717, 1.165) is 170 Å². The lowest BCUT2D eigenvalue weighted by Crippen LogP contribution is -2.52. The summed E-state index contributed by atoms with van der Waals surface area (Å²) in [6.45, 7) is -0.0388. The number of rotatable bonds is 22. The van der Waals surface area contributed by atoms with Crippen molar-refractivity contribution in [2.45, 2.75) is 195 Å². The Kier molecular flexibility index (Phi) is 29.9. The molecule has 4 aliphatic heterocycles. The SMILES string of the molecule is NCc1cc(-c2cnc(C(F)(F)F)nc2)ncc1F.O=C(CCc1cc(-c2cnc(C(F)(F)F)nc2)ncc1F)[C@@H]1C2C[C@@H](C[C@@H]2F)N1S(=O)(=O)c1ccc(F)cc1.O=C(CCc1cc(-c2cnc(C(F)(F)F)nc2)ncc1F)[C@@H]1[C@@H]2CC([C@H](F)C2)N1S(=O)(=O)c1ccc(F)cc1.O=C(O)C1C2CC(CC2F)N1S(=O)(=O)c1ccc(F)cc1.O=C(O)C1C2CC(F)C(C2)N1S(=O)(=O)c1ccc(F)cc1. The Bertz CT molecular complexity index is 6740. The number of hydrogen-bond donors (Lipinski definition) is 3. The zero-order valence-electron chi connectivity index (χ0n) is 71.0. The van der Waals surface area contributed by atoms with Crippen molar-refractivity contribution in [2.24, 2.45) is 29.4 Å². The second kappa shape index (κ2) is 40.3. The predicted molar refractivity (Wildman–Crippen MR) is 443 cm³/mol. The Morgan fingerprint density at radius 2 is 0.612 bits per heavy atom. The number of carboxylic acid groups (broad SMARTS) is 2. The van der Waals surface area contributed by atoms with Crippen LogP contribution in [0.15, 0.2) is 191 Å². The van der Waals surface area contributed by atoms with Crippen LogP contribution in [-0.2, 0) is 97.2 Å². The quantitative estimate of drug-likeness (QED) is 0.0530. The molecule has 4 aromatic carbocycles. The summed E-state index contributed by atoms with van der Waals surface area (Å²) < 4.78 is 372. The molecule has 0 spiro atoms. The molecule has 4 N–H and O–H groups in total. The van der Waals surface area contributed by atoms with Gasteiger partial charge in [-0.25, -0.2) is 112 Å². The minimum Gasteiger partial charge on any atom is -0.480 e. The van der Waals surface area contributed by atoms with Crippen LogP contribution in [0.2, 0.25) is 0 Å². The predicted octanol–water partition coefficient (Wildman–Crippen LogP) is 14.0. The van der Waals surface area contributed by atoms with E-state index in [4.69, 9.17) is 5.73 Å². The first kappa shape index (κ1) is 103. The molecule has 8 aliphatic rings. The Hall–Kier alpha value is -12.0. The maximum atomic E-state index is 14.6. The molecule has 8 bridgehead atoms. The molecule has 0 amide bonds. The number of nitrogens with zero attached hydrogens (tertiary/aromatic N) is 13. The standard InChI is InChI=1S/2C25H20F6N4O3S.2C13H13F2NO4S.C11H8F4N4/c26-16-2-4-17(5-3-16)39(37,38)35-21-9-14(7-18(21)27)23(35)22(36)6-1-13-8-20(32-12-19(13)28)15-10-33-24(34-11-15)25(29,30)31;26-15-2-4-17(5-3-15)39(37,38)35-16-8-18(19(27)9-16)23(35)22(36)6-1-13-7-21(32-12-20(13)28)14-10-33-24(34-11-14)25(29,30)31;14-8-1-3-9(4-2-8)21(19,20)16-11-6-7(5-10(11)15)12(16)13(17)18;14-7-1-3-9(4-2-7)21(19,20)16-8-5-10(11(15)6-8)12(16)13(17)18;12-8-5-17-9(1-6(8)2-16)7-3-18-10(19-4-7)11(13,14)15/h2-5,8,10-12,14,18,21,23H,1,6-7,9H2;2-5,7,10-12,16,18-19,23H,1,6,8-9H2;1-4,7,10-12H,5-6H2,(H,17,18);1-4,8,10-12H,5-6H2,(H,17,18);1,3-5H,2,16H2/t14-,18+,21?,23-;16-,18?,19-,23-;;;/m00.../s1. The van der Waals surface area contributed by atoms with Crippen LogP contribution in [0.25, 0.3) is 33.8 Å². The zero-order chi connectivity index (χ0) is 101. The first-order valence-electron chi connectivity index (χ1n) is 41.8. The summed E-state index contributed by atoms with van der Waals surface area (Å²) in [5.74, 6) is -15.1. The van der Waals surface area contributed by atoms with E-state index in [0.29, 0.717) is 0 Å². The van der Waals surface area contributed by atoms with Gasteiger partial charge in [-0.2, -0.15) is 56.7 Å². The molecular weight excluding hydrogens is 1970 g/mol. The summed E-state index contributed by atoms with van der Waals surface area (Å²) >= 11 is 0. The third-order valence-corrected chi connectivity index (χ3v) is 32.5. The molecule has 16 atom stereocenters. The highest BCUT2D eigenvalue weighted by molar-refractivity contribution is 7.90. The molecule has 28 nitrogen and oxygen atoms in total. The van der Waals surface area contributed by atoms with Crippen molar-refractivity contribution < 1.29 is 151 Å². The lowest BCUT2D eigenvalue weighted by Gasteiger charge is -2.35. The number of hydrogen-bond acceptors (Lipinski definition) is 22. The fourth-order valence-corrected chi connectivity index (χ4v) is 25.9. The molecule has 18 rings (SSSR count). The number of ketones is 2. The fraction of sp³-hybridized carbons (Fsp3) is 0.368. The maximum absolute atomic E-state index is 14.6. The summed E-state index contributed by atoms with van der Waals surface area (Å²) in [5.41, 5.74) is 6.40. The summed E-state index contributed by atoms with van der Waals surface area (Å²) in [7, 11) is -16.8. The van der Waals surface area contributed by atoms with Gasteiger partial charge < -0.3 is 15.9 Å². The summed E-state index contributed by atoms with van der Waals surface area (Å²) in [6.07, 6.45) is -11.6. The van der Waals surface area contributed by atoms with E-state index >= 15 is 0 Å². The number of aliphatic carboxylic acids is 2. The Morgan fingerprint density at radius 3 is 0.921 bits per heavy atom. The van der Waals surface area contributed by atoms with E-state index in [9.17, 15) is 151 Å². The van der Waals surface area contributed by atoms with Crippen LogP contribution in [0.4, 0.5) is 87.8 Å². The van der Waals surface area contributed by atoms with Crippen LogP contribution in [0.5, 0.6) is 0 Å². The number of pyridine rings is 3. The van der Waals surface area contributed by atoms with Crippen LogP contribution in [0, 0.1) is 64.4 Å². The number of carbonyl (C=O) groups excluding carboxylic acids is 2. The first-order chi connectivity index (χ1) is 65.3. The van der Waals surface area contributed by atoms with Gasteiger partial charge in [0.05, 0.1) is 79.4 Å². The van der Waals surface area contributed by atoms with Gasteiger partial charge in [0.25, 0.3) is 0 Å². The Balaban J connectivity index is 0.000000144. The van der Waals surface area contributed by atoms with Gasteiger partial charge >= 0.3 is 30.5 Å². The lowest BCUT2D eigenvalue weighted by molar-refractivity contribution is -0.145. The molecule has 6 aromatic heterocycles. The minimum atomic E-state index is -4.74. The first-order valence-corrected chi connectivity index (χ1v) is 47.6. The van der Waals surface area contributed by atoms with Gasteiger partial charge in [0.1, 0.15) is 77.5 Å². The number of sulfonamides is 4. The average molecular weight is 2050 g/mol. The number of fused-ring (bicyclic) bond motifs is 8. The van der Waals surface area contributed by atoms with E-state index in [2.05, 4.69) is 44.9 Å². The number of Topliss-reactive ketones (excluding diaryl/α,β-unsaturated/α-hetero) is 2. The number of benzene rings is 4. The highest BCUT2D eigenvalue weighted by Gasteiger charge is 2.63. The summed E-state index contributed by atoms with van der Waals surface area (Å²) in [4.78, 5) is 79.3. The molecule has 10 aromatic rings. The van der Waals surface area contributed by atoms with Crippen LogP contribution in [-0.4, -0.2) is 202 Å². The van der Waals surface area contributed by atoms with Crippen molar-refractivity contribution in [1.29, 1.82) is 0 Å². The number of nitrogens with two attached hydrogens (primary N) is 1. The third-order valence-electron chi connectivity index (χ3n) is 24.8. The lowest BCUT2D eigenvalue weighted by atomic mass is 9.92. The second-order valence-corrected chi connectivity index (χ2v) is 40.7. The van der Waals surface area contributed by atoms with Gasteiger partial charge in [0, 0.05) is 103 Å². The van der Waals surface area contributed by atoms with Crippen molar-refractivity contribution >= 4 is 63.6 Å². The molecule has 10 heterocycles. The molecule has 4 saturated heterocycles. The number of alkyl halides is 13. The van der Waals surface area contributed by atoms with Crippen molar-refractivity contribution in [1.82, 2.24) is 62.1 Å². The topological polar surface area (TPSA) is 400 Å². The van der Waals surface area contributed by atoms with E-state index in [-0.39, 0.29) is 154 Å². The largest absolute Gasteiger partial charge is 0.480 e. The average Bonchev–Trinajstić information content (AvgIpc) is 1.59. The molecule has 0 radical (unpaired) electrons. The van der Waals surface area contributed by atoms with Crippen LogP contribution in [0.3, 0.4) is 0 Å². The van der Waals surface area contributed by atoms with Crippen LogP contribution < -0.4 is 5.73 Å². The normalized spacial score (nSPS) is 24.5. The van der Waals surface area contributed by atoms with Gasteiger partial charge in [0.15, 0.2) is 11.6 Å². The molecule has 10 unspecified atom stereocenters. The highest BCUT2D eigenvalue weighted by Crippen LogP contribution is 2.52. The van der Waals surface area contributed by atoms with E-state index in [1.54, 1.807) is 0 Å². The molecule has 4 saturated carbocycles.